The van der Waals surface area contributed by atoms with Crippen LogP contribution in [0.5, 0.6) is 0 Å². The van der Waals surface area contributed by atoms with Crippen molar-refractivity contribution in [2.75, 3.05) is 6.61 Å². The summed E-state index contributed by atoms with van der Waals surface area (Å²) in [6.07, 6.45) is 8.80. The van der Waals surface area contributed by atoms with Gasteiger partial charge in [-0.05, 0) is 61.7 Å². The van der Waals surface area contributed by atoms with Crippen molar-refractivity contribution in [1.29, 1.82) is 0 Å². The number of hydrogen-bond donors (Lipinski definition) is 0. The Morgan fingerprint density at radius 2 is 1.88 bits per heavy atom. The molecule has 6 rings (SSSR count). The number of ether oxygens (including phenoxy) is 2. The SMILES string of the molecule is C[C@H]1CC[C@@]2(OC1)O[C@H]1C=C3[C@@H]4CC[C@H]5CC(=O)C(Br)C[C@]5(C)[C@H]4CC(=O)[C@]3(C)[C@H]1[C@@H]2C. The number of alkyl halides is 1. The third-order valence-electron chi connectivity index (χ3n) is 11.0. The van der Waals surface area contributed by atoms with E-state index < -0.39 is 11.2 Å². The summed E-state index contributed by atoms with van der Waals surface area (Å²) in [4.78, 5) is 26.4. The van der Waals surface area contributed by atoms with Crippen LogP contribution >= 0.6 is 15.9 Å². The molecule has 0 aromatic rings. The molecule has 0 aromatic heterocycles. The van der Waals surface area contributed by atoms with Gasteiger partial charge < -0.3 is 9.47 Å². The molecule has 0 radical (unpaired) electrons. The van der Waals surface area contributed by atoms with Gasteiger partial charge in [-0.15, -0.1) is 0 Å². The molecule has 1 spiro atoms. The highest BCUT2D eigenvalue weighted by atomic mass is 79.9. The van der Waals surface area contributed by atoms with Crippen molar-refractivity contribution in [3.63, 3.8) is 0 Å². The van der Waals surface area contributed by atoms with Gasteiger partial charge in [0, 0.05) is 31.1 Å². The largest absolute Gasteiger partial charge is 0.349 e. The van der Waals surface area contributed by atoms with Crippen molar-refractivity contribution in [3.8, 4) is 0 Å². The van der Waals surface area contributed by atoms with Crippen LogP contribution in [0.15, 0.2) is 11.6 Å². The molecule has 176 valence electrons. The molecule has 0 N–H and O–H groups in total. The maximum Gasteiger partial charge on any atom is 0.172 e. The lowest BCUT2D eigenvalue weighted by Crippen LogP contribution is -2.57. The first-order valence-electron chi connectivity index (χ1n) is 12.8. The average Bonchev–Trinajstić information content (AvgIpc) is 3.19. The van der Waals surface area contributed by atoms with Gasteiger partial charge in [0.2, 0.25) is 0 Å². The van der Waals surface area contributed by atoms with E-state index in [1.165, 1.54) is 5.57 Å². The van der Waals surface area contributed by atoms with Gasteiger partial charge in [0.05, 0.1) is 23.0 Å². The summed E-state index contributed by atoms with van der Waals surface area (Å²) in [7, 11) is 0. The zero-order valence-electron chi connectivity index (χ0n) is 19.9. The minimum Gasteiger partial charge on any atom is -0.349 e. The topological polar surface area (TPSA) is 52.6 Å². The van der Waals surface area contributed by atoms with Gasteiger partial charge in [-0.25, -0.2) is 0 Å². The van der Waals surface area contributed by atoms with Crippen LogP contribution in [0.25, 0.3) is 0 Å². The summed E-state index contributed by atoms with van der Waals surface area (Å²) in [6, 6.07) is 0. The lowest BCUT2D eigenvalue weighted by molar-refractivity contribution is -0.265. The van der Waals surface area contributed by atoms with E-state index in [4.69, 9.17) is 9.47 Å². The van der Waals surface area contributed by atoms with Gasteiger partial charge in [-0.3, -0.25) is 9.59 Å². The second kappa shape index (κ2) is 7.01. The Bertz CT molecular complexity index is 888. The third-order valence-corrected chi connectivity index (χ3v) is 11.9. The van der Waals surface area contributed by atoms with Gasteiger partial charge in [0.25, 0.3) is 0 Å². The number of allylic oxidation sites excluding steroid dienone is 1. The fourth-order valence-electron chi connectivity index (χ4n) is 9.03. The van der Waals surface area contributed by atoms with Crippen molar-refractivity contribution < 1.29 is 19.1 Å². The zero-order valence-corrected chi connectivity index (χ0v) is 21.4. The Labute approximate surface area is 200 Å². The number of halogens is 1. The number of carbonyl (C=O) groups is 2. The fraction of sp³-hybridized carbons (Fsp3) is 0.852. The van der Waals surface area contributed by atoms with E-state index in [0.29, 0.717) is 48.1 Å². The molecule has 2 aliphatic heterocycles. The van der Waals surface area contributed by atoms with Gasteiger partial charge in [-0.1, -0.05) is 48.4 Å². The number of rotatable bonds is 0. The number of carbonyl (C=O) groups excluding carboxylic acids is 2. The second-order valence-corrected chi connectivity index (χ2v) is 13.6. The standard InChI is InChI=1S/C27H37BrO4/c1-14-7-8-27(31-13-14)15(2)24-22(32-27)10-19-17-6-5-16-9-21(29)20(28)12-25(16,3)18(17)11-23(30)26(19,24)4/h10,14-18,20,22,24H,5-9,11-13H2,1-4H3/t14-,15-,16-,17+,18-,20?,22-,24-,25-,26+,27+/m0/s1. The summed E-state index contributed by atoms with van der Waals surface area (Å²) in [5, 5.41) is 0. The van der Waals surface area contributed by atoms with Crippen molar-refractivity contribution in [3.05, 3.63) is 11.6 Å². The lowest BCUT2D eigenvalue weighted by atomic mass is 9.45. The quantitative estimate of drug-likeness (QED) is 0.324. The lowest BCUT2D eigenvalue weighted by Gasteiger charge is -2.58. The number of hydrogen-bond acceptors (Lipinski definition) is 4. The van der Waals surface area contributed by atoms with E-state index in [0.717, 1.165) is 38.7 Å². The Balaban J connectivity index is 1.35. The second-order valence-electron chi connectivity index (χ2n) is 12.5. The molecule has 1 unspecified atom stereocenters. The van der Waals surface area contributed by atoms with Crippen LogP contribution in [0.3, 0.4) is 0 Å². The first-order chi connectivity index (χ1) is 15.1. The molecule has 4 nitrogen and oxygen atoms in total. The molecule has 11 atom stereocenters. The van der Waals surface area contributed by atoms with Crippen LogP contribution in [-0.4, -0.2) is 34.9 Å². The molecule has 2 heterocycles. The molecule has 5 fully saturated rings. The minimum absolute atomic E-state index is 0.0107. The first kappa shape index (κ1) is 22.0. The summed E-state index contributed by atoms with van der Waals surface area (Å²) >= 11 is 3.66. The van der Waals surface area contributed by atoms with E-state index in [1.807, 2.05) is 0 Å². The van der Waals surface area contributed by atoms with Gasteiger partial charge in [0.1, 0.15) is 11.6 Å². The molecule has 0 amide bonds. The van der Waals surface area contributed by atoms with Gasteiger partial charge in [-0.2, -0.15) is 0 Å². The Morgan fingerprint density at radius 1 is 1.09 bits per heavy atom. The fourth-order valence-corrected chi connectivity index (χ4v) is 9.91. The molecule has 6 aliphatic rings. The van der Waals surface area contributed by atoms with E-state index in [2.05, 4.69) is 49.7 Å². The first-order valence-corrected chi connectivity index (χ1v) is 13.8. The highest BCUT2D eigenvalue weighted by Gasteiger charge is 2.69. The van der Waals surface area contributed by atoms with E-state index >= 15 is 0 Å². The molecule has 0 bridgehead atoms. The van der Waals surface area contributed by atoms with Crippen LogP contribution in [0.1, 0.15) is 72.6 Å². The minimum atomic E-state index is -0.513. The maximum atomic E-state index is 14.0. The van der Waals surface area contributed by atoms with Crippen molar-refractivity contribution in [1.82, 2.24) is 0 Å². The van der Waals surface area contributed by atoms with Gasteiger partial charge in [0.15, 0.2) is 5.79 Å². The van der Waals surface area contributed by atoms with Crippen molar-refractivity contribution in [2.45, 2.75) is 89.4 Å². The van der Waals surface area contributed by atoms with Crippen LogP contribution in [0, 0.1) is 46.3 Å². The molecular formula is C27H37BrO4. The van der Waals surface area contributed by atoms with E-state index in [-0.39, 0.29) is 28.2 Å². The third kappa shape index (κ3) is 2.68. The van der Waals surface area contributed by atoms with E-state index in [9.17, 15) is 9.59 Å². The van der Waals surface area contributed by atoms with Crippen LogP contribution in [0.2, 0.25) is 0 Å². The summed E-state index contributed by atoms with van der Waals surface area (Å²) < 4.78 is 13.1. The summed E-state index contributed by atoms with van der Waals surface area (Å²) in [6.45, 7) is 9.85. The molecule has 2 saturated heterocycles. The normalized spacial score (nSPS) is 57.0. The Morgan fingerprint density at radius 3 is 2.59 bits per heavy atom. The molecule has 5 heteroatoms. The van der Waals surface area contributed by atoms with Crippen LogP contribution in [0.4, 0.5) is 0 Å². The molecule has 4 aliphatic carbocycles. The van der Waals surface area contributed by atoms with Crippen molar-refractivity contribution >= 4 is 27.5 Å². The number of ketones is 2. The molecule has 32 heavy (non-hydrogen) atoms. The molecule has 3 saturated carbocycles. The number of fused-ring (bicyclic) bond motifs is 7. The summed E-state index contributed by atoms with van der Waals surface area (Å²) in [5.74, 6) is 2.41. The van der Waals surface area contributed by atoms with Crippen LogP contribution < -0.4 is 0 Å². The summed E-state index contributed by atoms with van der Waals surface area (Å²) in [5.41, 5.74) is 0.988. The Hall–Kier alpha value is -0.520. The van der Waals surface area contributed by atoms with E-state index in [1.54, 1.807) is 0 Å². The Kier molecular flexibility index (Phi) is 4.81. The predicted molar refractivity (Wildman–Crippen MR) is 125 cm³/mol. The highest BCUT2D eigenvalue weighted by molar-refractivity contribution is 9.10. The monoisotopic (exact) mass is 504 g/mol. The molecular weight excluding hydrogens is 468 g/mol. The predicted octanol–water partition coefficient (Wildman–Crippen LogP) is 5.47. The highest BCUT2D eigenvalue weighted by Crippen LogP contribution is 2.68. The zero-order chi connectivity index (χ0) is 22.6. The average molecular weight is 505 g/mol. The van der Waals surface area contributed by atoms with Gasteiger partial charge >= 0.3 is 0 Å². The van der Waals surface area contributed by atoms with Crippen molar-refractivity contribution in [2.24, 2.45) is 46.3 Å². The smallest absolute Gasteiger partial charge is 0.172 e. The van der Waals surface area contributed by atoms with Crippen LogP contribution in [-0.2, 0) is 19.1 Å². The number of Topliss-reactive ketones (excluding diaryl/α,β-unsaturated/α-hetero) is 2. The maximum absolute atomic E-state index is 14.0. The molecule has 0 aromatic carbocycles.